The Bertz CT molecular complexity index is 1030. The van der Waals surface area contributed by atoms with E-state index in [0.29, 0.717) is 5.56 Å². The van der Waals surface area contributed by atoms with Crippen LogP contribution in [0.2, 0.25) is 0 Å². The highest BCUT2D eigenvalue weighted by Crippen LogP contribution is 2.20. The second-order valence-electron chi connectivity index (χ2n) is 4.98. The molecular weight excluding hydrogens is 335 g/mol. The van der Waals surface area contributed by atoms with Crippen LogP contribution < -0.4 is 10.7 Å². The molecule has 0 aliphatic rings. The Hall–Kier alpha value is -2.99. The number of hydrogen-bond acceptors (Lipinski definition) is 4. The number of H-pyrrole nitrogens is 1. The summed E-state index contributed by atoms with van der Waals surface area (Å²) in [5, 5.41) is 11.3. The number of aromatic carboxylic acids is 1. The van der Waals surface area contributed by atoms with Crippen molar-refractivity contribution in [2.75, 3.05) is 0 Å². The molecule has 0 bridgehead atoms. The summed E-state index contributed by atoms with van der Waals surface area (Å²) in [7, 11) is 0. The molecule has 0 saturated heterocycles. The number of nitrogens with one attached hydrogen (secondary N) is 1. The molecule has 0 aliphatic heterocycles. The van der Waals surface area contributed by atoms with Crippen LogP contribution in [0.4, 0.5) is 4.39 Å². The third-order valence-corrected chi connectivity index (χ3v) is 3.62. The van der Waals surface area contributed by atoms with E-state index in [-0.39, 0.29) is 33.1 Å². The van der Waals surface area contributed by atoms with Crippen molar-refractivity contribution in [1.82, 2.24) is 9.97 Å². The zero-order valence-corrected chi connectivity index (χ0v) is 12.8. The van der Waals surface area contributed by atoms with Gasteiger partial charge in [0.05, 0.1) is 21.9 Å². The van der Waals surface area contributed by atoms with E-state index >= 15 is 0 Å². The first-order valence-electron chi connectivity index (χ1n) is 6.82. The Labute approximate surface area is 140 Å². The van der Waals surface area contributed by atoms with Crippen LogP contribution in [0.5, 0.6) is 0 Å². The van der Waals surface area contributed by atoms with Crippen molar-refractivity contribution in [2.24, 2.45) is 0 Å². The molecule has 0 unspecified atom stereocenters. The number of nitrogens with zero attached hydrogens (tertiary/aromatic N) is 1. The summed E-state index contributed by atoms with van der Waals surface area (Å²) in [5.41, 5.74) is 0.254. The van der Waals surface area contributed by atoms with Crippen molar-refractivity contribution in [3.63, 3.8) is 0 Å². The van der Waals surface area contributed by atoms with E-state index in [4.69, 9.17) is 11.6 Å². The fourth-order valence-corrected chi connectivity index (χ4v) is 2.37. The molecule has 0 amide bonds. The van der Waals surface area contributed by atoms with E-state index in [1.54, 1.807) is 0 Å². The molecule has 7 heteroatoms. The molecule has 0 spiro atoms. The lowest BCUT2D eigenvalue weighted by molar-refractivity contribution is -0.255. The van der Waals surface area contributed by atoms with Crippen LogP contribution in [0, 0.1) is 5.82 Å². The van der Waals surface area contributed by atoms with Gasteiger partial charge in [0.2, 0.25) is 0 Å². The first-order valence-corrected chi connectivity index (χ1v) is 7.20. The monoisotopic (exact) mass is 343 g/mol. The molecule has 0 radical (unpaired) electrons. The quantitative estimate of drug-likeness (QED) is 0.789. The average molecular weight is 344 g/mol. The maximum Gasteiger partial charge on any atom is 0.259 e. The predicted octanol–water partition coefficient (Wildman–Crippen LogP) is 2.16. The average Bonchev–Trinajstić information content (AvgIpc) is 2.56. The number of fused-ring (bicyclic) bond motifs is 1. The summed E-state index contributed by atoms with van der Waals surface area (Å²) in [6.45, 7) is 0. The molecule has 1 N–H and O–H groups in total. The van der Waals surface area contributed by atoms with Gasteiger partial charge < -0.3 is 14.9 Å². The van der Waals surface area contributed by atoms with Crippen LogP contribution in [-0.4, -0.2) is 15.9 Å². The third kappa shape index (κ3) is 3.18. The Balaban J connectivity index is 2.10. The summed E-state index contributed by atoms with van der Waals surface area (Å²) >= 11 is 6.16. The Morgan fingerprint density at radius 3 is 2.58 bits per heavy atom. The van der Waals surface area contributed by atoms with E-state index in [9.17, 15) is 19.1 Å². The Kier molecular flexibility index (Phi) is 4.14. The van der Waals surface area contributed by atoms with Gasteiger partial charge in [0.25, 0.3) is 5.56 Å². The zero-order valence-electron chi connectivity index (χ0n) is 12.0. The van der Waals surface area contributed by atoms with Gasteiger partial charge in [0.1, 0.15) is 5.82 Å². The normalized spacial score (nSPS) is 11.7. The lowest BCUT2D eigenvalue weighted by Crippen LogP contribution is -2.22. The number of halogens is 2. The van der Waals surface area contributed by atoms with E-state index in [0.717, 1.165) is 0 Å². The minimum atomic E-state index is -1.37. The predicted molar refractivity (Wildman–Crippen MR) is 86.8 cm³/mol. The number of hydrogen-bond donors (Lipinski definition) is 1. The maximum absolute atomic E-state index is 12.9. The van der Waals surface area contributed by atoms with Gasteiger partial charge in [-0.05, 0) is 41.5 Å². The van der Waals surface area contributed by atoms with Crippen molar-refractivity contribution in [3.8, 4) is 0 Å². The second kappa shape index (κ2) is 6.25. The van der Waals surface area contributed by atoms with E-state index < -0.39 is 11.5 Å². The first-order chi connectivity index (χ1) is 11.4. The lowest BCUT2D eigenvalue weighted by atomic mass is 10.1. The van der Waals surface area contributed by atoms with Crippen molar-refractivity contribution >= 4 is 39.6 Å². The summed E-state index contributed by atoms with van der Waals surface area (Å²) in [4.78, 5) is 29.7. The molecule has 0 atom stereocenters. The number of benzene rings is 2. The molecule has 24 heavy (non-hydrogen) atoms. The van der Waals surface area contributed by atoms with Crippen LogP contribution in [0.15, 0.2) is 47.3 Å². The molecular formula is C17H9ClFN2O3-. The van der Waals surface area contributed by atoms with Gasteiger partial charge in [-0.1, -0.05) is 29.8 Å². The van der Waals surface area contributed by atoms with Crippen LogP contribution in [-0.2, 0) is 0 Å². The number of carboxylic acids is 1. The maximum atomic E-state index is 12.9. The minimum Gasteiger partial charge on any atom is -0.545 e. The van der Waals surface area contributed by atoms with Gasteiger partial charge >= 0.3 is 0 Å². The van der Waals surface area contributed by atoms with Gasteiger partial charge in [0.15, 0.2) is 5.82 Å². The molecule has 5 nitrogen and oxygen atoms in total. The molecule has 3 aromatic rings. The SMILES string of the molecule is O=C([O-])c1ccc2c(=O)[nH]c(/C(Cl)=C/c3ccc(F)cc3)nc2c1. The number of aromatic amines is 1. The van der Waals surface area contributed by atoms with Gasteiger partial charge in [-0.3, -0.25) is 4.79 Å². The van der Waals surface area contributed by atoms with Crippen LogP contribution in [0.3, 0.4) is 0 Å². The highest BCUT2D eigenvalue weighted by atomic mass is 35.5. The summed E-state index contributed by atoms with van der Waals surface area (Å²) in [6.07, 6.45) is 1.51. The van der Waals surface area contributed by atoms with E-state index in [1.807, 2.05) is 0 Å². The number of carbonyl (C=O) groups excluding carboxylic acids is 1. The number of aromatic nitrogens is 2. The Morgan fingerprint density at radius 1 is 1.21 bits per heavy atom. The smallest absolute Gasteiger partial charge is 0.259 e. The largest absolute Gasteiger partial charge is 0.545 e. The van der Waals surface area contributed by atoms with Gasteiger partial charge in [-0.25, -0.2) is 9.37 Å². The van der Waals surface area contributed by atoms with Gasteiger partial charge in [-0.2, -0.15) is 0 Å². The fraction of sp³-hybridized carbons (Fsp3) is 0. The van der Waals surface area contributed by atoms with Crippen molar-refractivity contribution in [3.05, 3.63) is 75.6 Å². The van der Waals surface area contributed by atoms with Crippen molar-refractivity contribution in [1.29, 1.82) is 0 Å². The molecule has 1 heterocycles. The molecule has 1 aromatic heterocycles. The molecule has 0 saturated carbocycles. The minimum absolute atomic E-state index is 0.0778. The standard InChI is InChI=1S/C17H10ClFN2O3/c18-13(7-9-1-4-11(19)5-2-9)15-20-14-8-10(17(23)24)3-6-12(14)16(22)21-15/h1-8H,(H,23,24)(H,20,21,22)/p-1/b13-7-. The van der Waals surface area contributed by atoms with Crippen LogP contribution >= 0.6 is 11.6 Å². The molecule has 0 aliphatic carbocycles. The fourth-order valence-electron chi connectivity index (χ4n) is 2.15. The molecule has 0 fully saturated rings. The van der Waals surface area contributed by atoms with Gasteiger partial charge in [0, 0.05) is 0 Å². The van der Waals surface area contributed by atoms with Gasteiger partial charge in [-0.15, -0.1) is 0 Å². The van der Waals surface area contributed by atoms with E-state index in [2.05, 4.69) is 9.97 Å². The lowest BCUT2D eigenvalue weighted by Gasteiger charge is -2.05. The number of carboxylic acid groups (broad SMARTS) is 1. The highest BCUT2D eigenvalue weighted by molar-refractivity contribution is 6.50. The van der Waals surface area contributed by atoms with Crippen LogP contribution in [0.25, 0.3) is 22.0 Å². The van der Waals surface area contributed by atoms with Crippen LogP contribution in [0.1, 0.15) is 21.7 Å². The summed E-state index contributed by atoms with van der Waals surface area (Å²) in [5.74, 6) is -1.67. The summed E-state index contributed by atoms with van der Waals surface area (Å²) in [6, 6.07) is 9.46. The molecule has 120 valence electrons. The zero-order chi connectivity index (χ0) is 17.3. The first kappa shape index (κ1) is 15.9. The number of carbonyl (C=O) groups is 1. The highest BCUT2D eigenvalue weighted by Gasteiger charge is 2.08. The number of rotatable bonds is 3. The topological polar surface area (TPSA) is 85.9 Å². The van der Waals surface area contributed by atoms with Crippen molar-refractivity contribution < 1.29 is 14.3 Å². The third-order valence-electron chi connectivity index (χ3n) is 3.33. The Morgan fingerprint density at radius 2 is 1.92 bits per heavy atom. The second-order valence-corrected chi connectivity index (χ2v) is 5.38. The van der Waals surface area contributed by atoms with Crippen molar-refractivity contribution in [2.45, 2.75) is 0 Å². The van der Waals surface area contributed by atoms with E-state index in [1.165, 1.54) is 48.5 Å². The molecule has 3 rings (SSSR count). The molecule has 2 aromatic carbocycles. The summed E-state index contributed by atoms with van der Waals surface area (Å²) < 4.78 is 12.9.